The van der Waals surface area contributed by atoms with Crippen molar-refractivity contribution in [3.8, 4) is 0 Å². The van der Waals surface area contributed by atoms with Crippen molar-refractivity contribution in [1.29, 1.82) is 0 Å². The molecule has 9 heteroatoms. The van der Waals surface area contributed by atoms with Crippen LogP contribution in [0, 0.1) is 0 Å². The fourth-order valence-corrected chi connectivity index (χ4v) is 5.46. The maximum absolute atomic E-state index is 12.2. The zero-order valence-electron chi connectivity index (χ0n) is 16.7. The van der Waals surface area contributed by atoms with Crippen molar-refractivity contribution in [2.75, 3.05) is 31.9 Å². The second-order valence-corrected chi connectivity index (χ2v) is 10.0. The number of nitrogens with zero attached hydrogens (tertiary/aromatic N) is 3. The summed E-state index contributed by atoms with van der Waals surface area (Å²) in [7, 11) is -3.09. The van der Waals surface area contributed by atoms with Gasteiger partial charge in [0.15, 0.2) is 5.96 Å². The molecule has 0 aromatic carbocycles. The van der Waals surface area contributed by atoms with E-state index in [4.69, 9.17) is 0 Å². The summed E-state index contributed by atoms with van der Waals surface area (Å²) in [6.45, 7) is 8.74. The fourth-order valence-electron chi connectivity index (χ4n) is 3.07. The molecule has 1 aromatic rings. The number of thiazole rings is 1. The Balaban J connectivity index is 1.83. The smallest absolute Gasteiger partial charge is 0.214 e. The van der Waals surface area contributed by atoms with Crippen LogP contribution in [0.25, 0.3) is 0 Å². The molecule has 0 radical (unpaired) electrons. The molecule has 1 fully saturated rings. The van der Waals surface area contributed by atoms with E-state index in [-0.39, 0.29) is 11.8 Å². The lowest BCUT2D eigenvalue weighted by Gasteiger charge is -2.32. The molecule has 1 saturated heterocycles. The Bertz CT molecular complexity index is 694. The molecule has 0 bridgehead atoms. The van der Waals surface area contributed by atoms with Crippen molar-refractivity contribution in [2.24, 2.45) is 4.99 Å². The van der Waals surface area contributed by atoms with Crippen LogP contribution in [-0.2, 0) is 22.9 Å². The summed E-state index contributed by atoms with van der Waals surface area (Å²) in [5.74, 6) is 1.05. The van der Waals surface area contributed by atoms with E-state index in [9.17, 15) is 8.42 Å². The second kappa shape index (κ2) is 11.0. The lowest BCUT2D eigenvalue weighted by atomic mass is 10.1. The van der Waals surface area contributed by atoms with Crippen molar-refractivity contribution >= 4 is 27.3 Å². The number of rotatable bonds is 9. The lowest BCUT2D eigenvalue weighted by Crippen LogP contribution is -2.50. The van der Waals surface area contributed by atoms with Crippen LogP contribution >= 0.6 is 11.3 Å². The van der Waals surface area contributed by atoms with E-state index in [0.29, 0.717) is 26.1 Å². The predicted octanol–water partition coefficient (Wildman–Crippen LogP) is 2.01. The summed E-state index contributed by atoms with van der Waals surface area (Å²) < 4.78 is 26.0. The van der Waals surface area contributed by atoms with E-state index in [2.05, 4.69) is 27.5 Å². The molecular formula is C18H33N5O2S2. The van der Waals surface area contributed by atoms with Crippen LogP contribution in [0.2, 0.25) is 0 Å². The maximum Gasteiger partial charge on any atom is 0.214 e. The molecule has 1 aliphatic heterocycles. The van der Waals surface area contributed by atoms with Crippen molar-refractivity contribution in [3.05, 3.63) is 16.1 Å². The normalized spacial score (nSPS) is 17.2. The highest BCUT2D eigenvalue weighted by Gasteiger charge is 2.27. The van der Waals surface area contributed by atoms with Crippen LogP contribution in [0.15, 0.2) is 11.2 Å². The molecule has 0 saturated carbocycles. The first-order valence-electron chi connectivity index (χ1n) is 9.94. The predicted molar refractivity (Wildman–Crippen MR) is 113 cm³/mol. The molecule has 0 atom stereocenters. The lowest BCUT2D eigenvalue weighted by molar-refractivity contribution is 0.306. The minimum atomic E-state index is -3.09. The van der Waals surface area contributed by atoms with Gasteiger partial charge in [-0.3, -0.25) is 4.99 Å². The average Bonchev–Trinajstić information content (AvgIpc) is 3.10. The van der Waals surface area contributed by atoms with Crippen LogP contribution in [0.1, 0.15) is 49.9 Å². The third-order valence-corrected chi connectivity index (χ3v) is 7.82. The summed E-state index contributed by atoms with van der Waals surface area (Å²) >= 11 is 1.76. The molecule has 27 heavy (non-hydrogen) atoms. The Morgan fingerprint density at radius 2 is 2.07 bits per heavy atom. The Hall–Kier alpha value is -1.19. The molecule has 0 spiro atoms. The Morgan fingerprint density at radius 3 is 2.67 bits per heavy atom. The van der Waals surface area contributed by atoms with E-state index < -0.39 is 10.0 Å². The van der Waals surface area contributed by atoms with Crippen molar-refractivity contribution < 1.29 is 8.42 Å². The van der Waals surface area contributed by atoms with Gasteiger partial charge in [0, 0.05) is 49.7 Å². The number of aryl methyl sites for hydroxylation is 1. The SMILES string of the molecule is CCCS(=O)(=O)N1CCC(NC(=NCCc2ncc(CC)s2)NCC)CC1. The molecule has 7 nitrogen and oxygen atoms in total. The minimum absolute atomic E-state index is 0.242. The first-order valence-corrected chi connectivity index (χ1v) is 12.4. The fraction of sp³-hybridized carbons (Fsp3) is 0.778. The van der Waals surface area contributed by atoms with Gasteiger partial charge in [-0.1, -0.05) is 13.8 Å². The third kappa shape index (κ3) is 7.04. The van der Waals surface area contributed by atoms with Gasteiger partial charge in [0.2, 0.25) is 10.0 Å². The number of piperidine rings is 1. The Labute approximate surface area is 167 Å². The van der Waals surface area contributed by atoms with Gasteiger partial charge in [0.25, 0.3) is 0 Å². The molecule has 154 valence electrons. The molecule has 2 rings (SSSR count). The maximum atomic E-state index is 12.2. The first-order chi connectivity index (χ1) is 13.0. The molecule has 1 aromatic heterocycles. The summed E-state index contributed by atoms with van der Waals surface area (Å²) in [6.07, 6.45) is 6.09. The van der Waals surface area contributed by atoms with Crippen LogP contribution < -0.4 is 10.6 Å². The number of guanidine groups is 1. The molecule has 0 unspecified atom stereocenters. The summed E-state index contributed by atoms with van der Waals surface area (Å²) in [6, 6.07) is 0.252. The van der Waals surface area contributed by atoms with Gasteiger partial charge in [0.05, 0.1) is 10.8 Å². The van der Waals surface area contributed by atoms with E-state index in [0.717, 1.165) is 43.2 Å². The minimum Gasteiger partial charge on any atom is -0.357 e. The average molecular weight is 416 g/mol. The van der Waals surface area contributed by atoms with Gasteiger partial charge in [-0.05, 0) is 32.6 Å². The first kappa shape index (κ1) is 22.1. The van der Waals surface area contributed by atoms with Crippen molar-refractivity contribution in [1.82, 2.24) is 19.9 Å². The quantitative estimate of drug-likeness (QED) is 0.476. The molecule has 2 N–H and O–H groups in total. The third-order valence-electron chi connectivity index (χ3n) is 4.54. The topological polar surface area (TPSA) is 86.7 Å². The summed E-state index contributed by atoms with van der Waals surface area (Å²) in [5.41, 5.74) is 0. The van der Waals surface area contributed by atoms with Gasteiger partial charge in [-0.25, -0.2) is 17.7 Å². The molecule has 0 amide bonds. The Morgan fingerprint density at radius 1 is 1.33 bits per heavy atom. The van der Waals surface area contributed by atoms with Crippen LogP contribution in [0.4, 0.5) is 0 Å². The number of aromatic nitrogens is 1. The monoisotopic (exact) mass is 415 g/mol. The zero-order chi connectivity index (χ0) is 19.7. The summed E-state index contributed by atoms with van der Waals surface area (Å²) in [5, 5.41) is 7.87. The van der Waals surface area contributed by atoms with Crippen LogP contribution in [-0.4, -0.2) is 61.6 Å². The number of sulfonamides is 1. The van der Waals surface area contributed by atoms with Crippen molar-refractivity contribution in [3.63, 3.8) is 0 Å². The Kier molecular flexibility index (Phi) is 8.98. The molecule has 1 aliphatic rings. The molecular weight excluding hydrogens is 382 g/mol. The van der Waals surface area contributed by atoms with E-state index in [1.165, 1.54) is 4.88 Å². The second-order valence-electron chi connectivity index (χ2n) is 6.72. The van der Waals surface area contributed by atoms with Crippen LogP contribution in [0.5, 0.6) is 0 Å². The van der Waals surface area contributed by atoms with Crippen LogP contribution in [0.3, 0.4) is 0 Å². The highest BCUT2D eigenvalue weighted by Crippen LogP contribution is 2.15. The van der Waals surface area contributed by atoms with Crippen molar-refractivity contribution in [2.45, 2.75) is 58.9 Å². The standard InChI is InChI=1S/C18H33N5O2S2/c1-4-13-27(24,25)23-11-8-15(9-12-23)22-18(19-6-3)20-10-7-17-21-14-16(5-2)26-17/h14-15H,4-13H2,1-3H3,(H2,19,20,22). The largest absolute Gasteiger partial charge is 0.357 e. The molecule has 2 heterocycles. The van der Waals surface area contributed by atoms with Gasteiger partial charge in [-0.15, -0.1) is 11.3 Å². The van der Waals surface area contributed by atoms with Gasteiger partial charge in [-0.2, -0.15) is 0 Å². The van der Waals surface area contributed by atoms with Gasteiger partial charge >= 0.3 is 0 Å². The highest BCUT2D eigenvalue weighted by molar-refractivity contribution is 7.89. The van der Waals surface area contributed by atoms with E-state index in [1.54, 1.807) is 15.6 Å². The zero-order valence-corrected chi connectivity index (χ0v) is 18.3. The van der Waals surface area contributed by atoms with Gasteiger partial charge in [0.1, 0.15) is 0 Å². The molecule has 0 aliphatic carbocycles. The highest BCUT2D eigenvalue weighted by atomic mass is 32.2. The number of hydrogen-bond acceptors (Lipinski definition) is 5. The number of nitrogens with one attached hydrogen (secondary N) is 2. The van der Waals surface area contributed by atoms with Gasteiger partial charge < -0.3 is 10.6 Å². The summed E-state index contributed by atoms with van der Waals surface area (Å²) in [4.78, 5) is 10.4. The van der Waals surface area contributed by atoms with E-state index >= 15 is 0 Å². The number of hydrogen-bond donors (Lipinski definition) is 2. The number of aliphatic imine (C=N–C) groups is 1. The van der Waals surface area contributed by atoms with E-state index in [1.807, 2.05) is 20.0 Å².